The van der Waals surface area contributed by atoms with Crippen LogP contribution in [0.5, 0.6) is 0 Å². The van der Waals surface area contributed by atoms with Gasteiger partial charge in [0.2, 0.25) is 0 Å². The maximum atomic E-state index is 5.73. The number of hydrogen-bond acceptors (Lipinski definition) is 4. The van der Waals surface area contributed by atoms with Crippen molar-refractivity contribution in [2.75, 3.05) is 24.1 Å². The minimum absolute atomic E-state index is 0.537. The van der Waals surface area contributed by atoms with Gasteiger partial charge in [0, 0.05) is 43.1 Å². The predicted octanol–water partition coefficient (Wildman–Crippen LogP) is 1.31. The molecule has 0 aromatic carbocycles. The number of pyridine rings is 1. The van der Waals surface area contributed by atoms with Crippen LogP contribution in [0.1, 0.15) is 19.3 Å². The van der Waals surface area contributed by atoms with E-state index in [2.05, 4.69) is 15.2 Å². The van der Waals surface area contributed by atoms with Gasteiger partial charge in [-0.1, -0.05) is 0 Å². The van der Waals surface area contributed by atoms with Gasteiger partial charge in [-0.05, 0) is 25.3 Å². The zero-order chi connectivity index (χ0) is 11.0. The van der Waals surface area contributed by atoms with Gasteiger partial charge in [0.25, 0.3) is 0 Å². The molecular formula is C12H18N4. The first-order valence-electron chi connectivity index (χ1n) is 6.03. The first-order valence-corrected chi connectivity index (χ1v) is 6.03. The number of likely N-dealkylation sites (tertiary alicyclic amines) is 1. The highest BCUT2D eigenvalue weighted by atomic mass is 15.2. The minimum Gasteiger partial charge on any atom is -0.399 e. The molecule has 1 aliphatic heterocycles. The van der Waals surface area contributed by atoms with Crippen LogP contribution in [0.15, 0.2) is 18.3 Å². The Morgan fingerprint density at radius 1 is 1.38 bits per heavy atom. The number of aromatic nitrogens is 1. The summed E-state index contributed by atoms with van der Waals surface area (Å²) in [6.07, 6.45) is 5.75. The first-order chi connectivity index (χ1) is 7.81. The monoisotopic (exact) mass is 218 g/mol. The van der Waals surface area contributed by atoms with E-state index in [0.29, 0.717) is 6.04 Å². The second-order valence-corrected chi connectivity index (χ2v) is 4.83. The molecule has 1 saturated carbocycles. The van der Waals surface area contributed by atoms with Gasteiger partial charge in [0.15, 0.2) is 0 Å². The topological polar surface area (TPSA) is 54.2 Å². The van der Waals surface area contributed by atoms with Crippen molar-refractivity contribution in [3.8, 4) is 0 Å². The normalized spacial score (nSPS) is 25.9. The van der Waals surface area contributed by atoms with Crippen LogP contribution in [-0.2, 0) is 0 Å². The van der Waals surface area contributed by atoms with Crippen LogP contribution in [0.4, 0.5) is 11.5 Å². The average Bonchev–Trinajstić information content (AvgIpc) is 3.01. The Kier molecular flexibility index (Phi) is 2.44. The molecule has 4 heteroatoms. The van der Waals surface area contributed by atoms with Gasteiger partial charge in [-0.2, -0.15) is 0 Å². The molecule has 2 aliphatic rings. The Balaban J connectivity index is 1.59. The number of hydrogen-bond donors (Lipinski definition) is 2. The van der Waals surface area contributed by atoms with Gasteiger partial charge in [0.1, 0.15) is 5.82 Å². The van der Waals surface area contributed by atoms with Crippen LogP contribution in [0, 0.1) is 0 Å². The van der Waals surface area contributed by atoms with Crippen molar-refractivity contribution in [2.24, 2.45) is 0 Å². The predicted molar refractivity (Wildman–Crippen MR) is 65.3 cm³/mol. The molecule has 0 spiro atoms. The molecule has 1 atom stereocenters. The van der Waals surface area contributed by atoms with E-state index in [-0.39, 0.29) is 0 Å². The molecule has 1 saturated heterocycles. The molecule has 1 aromatic heterocycles. The largest absolute Gasteiger partial charge is 0.399 e. The number of nitrogen functional groups attached to an aromatic ring is 1. The van der Waals surface area contributed by atoms with Crippen LogP contribution < -0.4 is 11.1 Å². The molecule has 1 aliphatic carbocycles. The second kappa shape index (κ2) is 3.94. The standard InChI is InChI=1S/C12H18N4/c13-9-3-5-14-12(7-9)15-10-4-6-16(8-10)11-1-2-11/h3,5,7,10-11H,1-2,4,6,8H2,(H3,13,14,15). The molecule has 0 bridgehead atoms. The van der Waals surface area contributed by atoms with E-state index in [1.54, 1.807) is 6.20 Å². The van der Waals surface area contributed by atoms with Gasteiger partial charge in [-0.3, -0.25) is 4.90 Å². The number of nitrogens with two attached hydrogens (primary N) is 1. The highest BCUT2D eigenvalue weighted by Gasteiger charge is 2.34. The first kappa shape index (κ1) is 9.90. The lowest BCUT2D eigenvalue weighted by molar-refractivity contribution is 0.326. The van der Waals surface area contributed by atoms with Crippen molar-refractivity contribution in [3.63, 3.8) is 0 Å². The third-order valence-electron chi connectivity index (χ3n) is 3.42. The zero-order valence-corrected chi connectivity index (χ0v) is 9.39. The van der Waals surface area contributed by atoms with Crippen LogP contribution in [0.2, 0.25) is 0 Å². The maximum Gasteiger partial charge on any atom is 0.128 e. The molecule has 0 amide bonds. The summed E-state index contributed by atoms with van der Waals surface area (Å²) in [5.74, 6) is 0.905. The lowest BCUT2D eigenvalue weighted by Gasteiger charge is -2.16. The molecule has 2 fully saturated rings. The fourth-order valence-electron chi connectivity index (χ4n) is 2.41. The Bertz CT molecular complexity index is 375. The van der Waals surface area contributed by atoms with E-state index < -0.39 is 0 Å². The molecule has 86 valence electrons. The Labute approximate surface area is 95.8 Å². The van der Waals surface area contributed by atoms with Crippen LogP contribution in [0.25, 0.3) is 0 Å². The molecule has 16 heavy (non-hydrogen) atoms. The summed E-state index contributed by atoms with van der Waals surface area (Å²) in [6.45, 7) is 2.38. The smallest absolute Gasteiger partial charge is 0.128 e. The highest BCUT2D eigenvalue weighted by Crippen LogP contribution is 2.30. The number of nitrogens with zero attached hydrogens (tertiary/aromatic N) is 2. The van der Waals surface area contributed by atoms with Crippen LogP contribution in [0.3, 0.4) is 0 Å². The zero-order valence-electron chi connectivity index (χ0n) is 9.39. The fourth-order valence-corrected chi connectivity index (χ4v) is 2.41. The van der Waals surface area contributed by atoms with Crippen molar-refractivity contribution < 1.29 is 0 Å². The van der Waals surface area contributed by atoms with E-state index in [1.165, 1.54) is 25.8 Å². The van der Waals surface area contributed by atoms with Crippen molar-refractivity contribution in [3.05, 3.63) is 18.3 Å². The van der Waals surface area contributed by atoms with E-state index in [1.807, 2.05) is 12.1 Å². The summed E-state index contributed by atoms with van der Waals surface area (Å²) >= 11 is 0. The van der Waals surface area contributed by atoms with Crippen molar-refractivity contribution >= 4 is 11.5 Å². The number of rotatable bonds is 3. The number of nitrogens with one attached hydrogen (secondary N) is 1. The van der Waals surface area contributed by atoms with E-state index in [4.69, 9.17) is 5.73 Å². The molecule has 3 rings (SSSR count). The maximum absolute atomic E-state index is 5.73. The highest BCUT2D eigenvalue weighted by molar-refractivity contribution is 5.48. The second-order valence-electron chi connectivity index (χ2n) is 4.83. The summed E-state index contributed by atoms with van der Waals surface area (Å²) in [4.78, 5) is 6.87. The molecule has 3 N–H and O–H groups in total. The molecule has 1 aromatic rings. The summed E-state index contributed by atoms with van der Waals surface area (Å²) in [5.41, 5.74) is 6.50. The van der Waals surface area contributed by atoms with E-state index in [0.717, 1.165) is 24.1 Å². The van der Waals surface area contributed by atoms with Gasteiger partial charge in [-0.25, -0.2) is 4.98 Å². The quantitative estimate of drug-likeness (QED) is 0.803. The third-order valence-corrected chi connectivity index (χ3v) is 3.42. The van der Waals surface area contributed by atoms with E-state index >= 15 is 0 Å². The van der Waals surface area contributed by atoms with Crippen LogP contribution in [-0.4, -0.2) is 35.1 Å². The van der Waals surface area contributed by atoms with Gasteiger partial charge in [0.05, 0.1) is 0 Å². The summed E-state index contributed by atoms with van der Waals surface area (Å²) in [6, 6.07) is 5.13. The lowest BCUT2D eigenvalue weighted by atomic mass is 10.2. The van der Waals surface area contributed by atoms with E-state index in [9.17, 15) is 0 Å². The SMILES string of the molecule is Nc1ccnc(NC2CCN(C3CC3)C2)c1. The third kappa shape index (κ3) is 2.11. The van der Waals surface area contributed by atoms with Gasteiger partial charge in [-0.15, -0.1) is 0 Å². The molecule has 2 heterocycles. The van der Waals surface area contributed by atoms with Gasteiger partial charge < -0.3 is 11.1 Å². The number of anilines is 2. The fraction of sp³-hybridized carbons (Fsp3) is 0.583. The molecular weight excluding hydrogens is 200 g/mol. The Morgan fingerprint density at radius 3 is 3.00 bits per heavy atom. The Hall–Kier alpha value is -1.29. The van der Waals surface area contributed by atoms with Crippen molar-refractivity contribution in [1.29, 1.82) is 0 Å². The average molecular weight is 218 g/mol. The lowest BCUT2D eigenvalue weighted by Crippen LogP contribution is -2.27. The Morgan fingerprint density at radius 2 is 2.25 bits per heavy atom. The van der Waals surface area contributed by atoms with Crippen LogP contribution >= 0.6 is 0 Å². The summed E-state index contributed by atoms with van der Waals surface area (Å²) in [7, 11) is 0. The van der Waals surface area contributed by atoms with Crippen molar-refractivity contribution in [1.82, 2.24) is 9.88 Å². The molecule has 4 nitrogen and oxygen atoms in total. The van der Waals surface area contributed by atoms with Crippen molar-refractivity contribution in [2.45, 2.75) is 31.3 Å². The molecule has 0 radical (unpaired) electrons. The molecule has 1 unspecified atom stereocenters. The summed E-state index contributed by atoms with van der Waals surface area (Å²) < 4.78 is 0. The van der Waals surface area contributed by atoms with Gasteiger partial charge >= 0.3 is 0 Å². The minimum atomic E-state index is 0.537. The summed E-state index contributed by atoms with van der Waals surface area (Å²) in [5, 5.41) is 3.46.